The fourth-order valence-electron chi connectivity index (χ4n) is 1.25. The highest BCUT2D eigenvalue weighted by molar-refractivity contribution is 9.11. The molecule has 0 unspecified atom stereocenters. The van der Waals surface area contributed by atoms with Gasteiger partial charge < -0.3 is 10.2 Å². The molecule has 1 aromatic rings. The number of rotatable bonds is 5. The van der Waals surface area contributed by atoms with Gasteiger partial charge in [0.25, 0.3) is 5.91 Å². The molecule has 4 nitrogen and oxygen atoms in total. The Hall–Kier alpha value is -0.880. The Labute approximate surface area is 113 Å². The molecule has 0 saturated heterocycles. The Morgan fingerprint density at radius 1 is 1.53 bits per heavy atom. The van der Waals surface area contributed by atoms with Crippen LogP contribution in [0.15, 0.2) is 15.2 Å². The minimum absolute atomic E-state index is 0.0896. The summed E-state index contributed by atoms with van der Waals surface area (Å²) in [4.78, 5) is 24.8. The first-order valence-electron chi connectivity index (χ1n) is 5.30. The van der Waals surface area contributed by atoms with Crippen LogP contribution in [0.2, 0.25) is 0 Å². The molecule has 6 heteroatoms. The number of carbonyl (C=O) groups excluding carboxylic acids is 2. The lowest BCUT2D eigenvalue weighted by Crippen LogP contribution is -2.38. The number of nitrogens with zero attached hydrogens (tertiary/aromatic N) is 1. The summed E-state index contributed by atoms with van der Waals surface area (Å²) in [6.07, 6.45) is 0.890. The Morgan fingerprint density at radius 2 is 2.24 bits per heavy atom. The third-order valence-corrected chi connectivity index (χ3v) is 3.62. The van der Waals surface area contributed by atoms with Gasteiger partial charge >= 0.3 is 0 Å². The van der Waals surface area contributed by atoms with Gasteiger partial charge in [-0.25, -0.2) is 0 Å². The molecule has 0 atom stereocenters. The molecule has 17 heavy (non-hydrogen) atoms. The SMILES string of the molecule is CCCNC(=O)CN(C)C(=O)c1csc(Br)c1. The minimum atomic E-state index is -0.140. The molecule has 0 spiro atoms. The summed E-state index contributed by atoms with van der Waals surface area (Å²) in [5.41, 5.74) is 0.604. The fraction of sp³-hybridized carbons (Fsp3) is 0.455. The zero-order valence-corrected chi connectivity index (χ0v) is 12.2. The van der Waals surface area contributed by atoms with Gasteiger partial charge in [0.1, 0.15) is 0 Å². The predicted octanol–water partition coefficient (Wildman–Crippen LogP) is 2.11. The van der Waals surface area contributed by atoms with Crippen molar-refractivity contribution in [3.63, 3.8) is 0 Å². The monoisotopic (exact) mass is 318 g/mol. The van der Waals surface area contributed by atoms with Crippen LogP contribution in [0.1, 0.15) is 23.7 Å². The lowest BCUT2D eigenvalue weighted by Gasteiger charge is -2.15. The largest absolute Gasteiger partial charge is 0.355 e. The molecule has 0 bridgehead atoms. The number of nitrogens with one attached hydrogen (secondary N) is 1. The van der Waals surface area contributed by atoms with Crippen LogP contribution in [0.4, 0.5) is 0 Å². The first-order valence-corrected chi connectivity index (χ1v) is 6.98. The summed E-state index contributed by atoms with van der Waals surface area (Å²) in [6, 6.07) is 1.76. The fourth-order valence-corrected chi connectivity index (χ4v) is 2.38. The molecule has 1 rings (SSSR count). The molecular formula is C11H15BrN2O2S. The van der Waals surface area contributed by atoms with Crippen molar-refractivity contribution in [2.75, 3.05) is 20.1 Å². The van der Waals surface area contributed by atoms with Crippen molar-refractivity contribution in [1.29, 1.82) is 0 Å². The van der Waals surface area contributed by atoms with Crippen LogP contribution >= 0.6 is 27.3 Å². The van der Waals surface area contributed by atoms with E-state index in [4.69, 9.17) is 0 Å². The van der Waals surface area contributed by atoms with Crippen molar-refractivity contribution in [3.05, 3.63) is 20.8 Å². The molecule has 0 aromatic carbocycles. The van der Waals surface area contributed by atoms with Crippen molar-refractivity contribution in [3.8, 4) is 0 Å². The molecule has 0 radical (unpaired) electrons. The van der Waals surface area contributed by atoms with E-state index in [1.807, 2.05) is 6.92 Å². The molecule has 94 valence electrons. The van der Waals surface area contributed by atoms with E-state index in [9.17, 15) is 9.59 Å². The summed E-state index contributed by atoms with van der Waals surface area (Å²) in [6.45, 7) is 2.72. The van der Waals surface area contributed by atoms with Crippen molar-refractivity contribution >= 4 is 39.1 Å². The summed E-state index contributed by atoms with van der Waals surface area (Å²) in [5.74, 6) is -0.268. The van der Waals surface area contributed by atoms with E-state index in [0.29, 0.717) is 12.1 Å². The molecule has 0 fully saturated rings. The number of amides is 2. The highest BCUT2D eigenvalue weighted by Gasteiger charge is 2.15. The second kappa shape index (κ2) is 6.76. The number of likely N-dealkylation sites (N-methyl/N-ethyl adjacent to an activating group) is 1. The minimum Gasteiger partial charge on any atom is -0.355 e. The highest BCUT2D eigenvalue weighted by Crippen LogP contribution is 2.21. The average Bonchev–Trinajstić information content (AvgIpc) is 2.72. The van der Waals surface area contributed by atoms with Gasteiger partial charge in [0.05, 0.1) is 15.9 Å². The highest BCUT2D eigenvalue weighted by atomic mass is 79.9. The molecule has 0 aliphatic carbocycles. The lowest BCUT2D eigenvalue weighted by atomic mass is 10.3. The second-order valence-corrected chi connectivity index (χ2v) is 5.94. The predicted molar refractivity (Wildman–Crippen MR) is 72.3 cm³/mol. The quantitative estimate of drug-likeness (QED) is 0.904. The average molecular weight is 319 g/mol. The Bertz CT molecular complexity index is 406. The number of carbonyl (C=O) groups is 2. The number of thiophene rings is 1. The molecule has 0 aliphatic heterocycles. The first-order chi connectivity index (χ1) is 8.04. The summed E-state index contributed by atoms with van der Waals surface area (Å²) in [5, 5.41) is 4.51. The van der Waals surface area contributed by atoms with Crippen LogP contribution in [0.5, 0.6) is 0 Å². The Morgan fingerprint density at radius 3 is 2.76 bits per heavy atom. The van der Waals surface area contributed by atoms with E-state index in [0.717, 1.165) is 10.2 Å². The van der Waals surface area contributed by atoms with Crippen LogP contribution in [-0.4, -0.2) is 36.9 Å². The van der Waals surface area contributed by atoms with E-state index in [-0.39, 0.29) is 18.4 Å². The van der Waals surface area contributed by atoms with Gasteiger partial charge in [-0.2, -0.15) is 0 Å². The van der Waals surface area contributed by atoms with E-state index < -0.39 is 0 Å². The van der Waals surface area contributed by atoms with Crippen molar-refractivity contribution in [1.82, 2.24) is 10.2 Å². The lowest BCUT2D eigenvalue weighted by molar-refractivity contribution is -0.121. The van der Waals surface area contributed by atoms with Crippen molar-refractivity contribution in [2.45, 2.75) is 13.3 Å². The second-order valence-electron chi connectivity index (χ2n) is 3.65. The molecule has 0 aliphatic rings. The van der Waals surface area contributed by atoms with Gasteiger partial charge in [-0.05, 0) is 28.4 Å². The maximum Gasteiger partial charge on any atom is 0.254 e. The van der Waals surface area contributed by atoms with Gasteiger partial charge in [0, 0.05) is 19.0 Å². The van der Waals surface area contributed by atoms with E-state index in [1.165, 1.54) is 16.2 Å². The van der Waals surface area contributed by atoms with E-state index in [1.54, 1.807) is 18.5 Å². The number of hydrogen-bond donors (Lipinski definition) is 1. The maximum absolute atomic E-state index is 11.9. The zero-order valence-electron chi connectivity index (χ0n) is 9.83. The summed E-state index contributed by atoms with van der Waals surface area (Å²) in [7, 11) is 1.62. The van der Waals surface area contributed by atoms with E-state index >= 15 is 0 Å². The molecule has 1 heterocycles. The standard InChI is InChI=1S/C11H15BrN2O2S/c1-3-4-13-10(15)6-14(2)11(16)8-5-9(12)17-7-8/h5,7H,3-4,6H2,1-2H3,(H,13,15). The van der Waals surface area contributed by atoms with Crippen LogP contribution < -0.4 is 5.32 Å². The van der Waals surface area contributed by atoms with Crippen LogP contribution in [-0.2, 0) is 4.79 Å². The number of hydrogen-bond acceptors (Lipinski definition) is 3. The topological polar surface area (TPSA) is 49.4 Å². The van der Waals surface area contributed by atoms with Gasteiger partial charge in [-0.3, -0.25) is 9.59 Å². The van der Waals surface area contributed by atoms with Gasteiger partial charge in [0.2, 0.25) is 5.91 Å². The number of halogens is 1. The first kappa shape index (κ1) is 14.2. The summed E-state index contributed by atoms with van der Waals surface area (Å²) < 4.78 is 0.907. The van der Waals surface area contributed by atoms with Crippen LogP contribution in [0.25, 0.3) is 0 Å². The zero-order chi connectivity index (χ0) is 12.8. The van der Waals surface area contributed by atoms with Crippen LogP contribution in [0.3, 0.4) is 0 Å². The van der Waals surface area contributed by atoms with Crippen LogP contribution in [0, 0.1) is 0 Å². The van der Waals surface area contributed by atoms with Crippen molar-refractivity contribution < 1.29 is 9.59 Å². The third kappa shape index (κ3) is 4.47. The molecule has 2 amide bonds. The third-order valence-electron chi connectivity index (χ3n) is 2.11. The molecule has 1 N–H and O–H groups in total. The molecular weight excluding hydrogens is 304 g/mol. The molecule has 1 aromatic heterocycles. The normalized spacial score (nSPS) is 10.1. The molecule has 0 saturated carbocycles. The van der Waals surface area contributed by atoms with Gasteiger partial charge in [-0.15, -0.1) is 11.3 Å². The Balaban J connectivity index is 2.50. The van der Waals surface area contributed by atoms with E-state index in [2.05, 4.69) is 21.2 Å². The Kier molecular flexibility index (Phi) is 5.64. The smallest absolute Gasteiger partial charge is 0.254 e. The summed E-state index contributed by atoms with van der Waals surface area (Å²) >= 11 is 4.75. The van der Waals surface area contributed by atoms with Gasteiger partial charge in [-0.1, -0.05) is 6.92 Å². The maximum atomic E-state index is 11.9. The van der Waals surface area contributed by atoms with Crippen molar-refractivity contribution in [2.24, 2.45) is 0 Å². The van der Waals surface area contributed by atoms with Gasteiger partial charge in [0.15, 0.2) is 0 Å².